The normalized spacial score (nSPS) is 8.87. The molecule has 0 radical (unpaired) electrons. The van der Waals surface area contributed by atoms with E-state index in [0.717, 1.165) is 0 Å². The Hall–Kier alpha value is -2.20. The van der Waals surface area contributed by atoms with Crippen molar-refractivity contribution in [1.82, 2.24) is 5.32 Å². The van der Waals surface area contributed by atoms with E-state index in [9.17, 15) is 4.79 Å². The Bertz CT molecular complexity index is 399. The molecule has 0 heterocycles. The molecule has 6 heteroatoms. The molecule has 1 aromatic rings. The van der Waals surface area contributed by atoms with E-state index in [1.807, 2.05) is 0 Å². The van der Waals surface area contributed by atoms with Gasteiger partial charge in [-0.3, -0.25) is 0 Å². The minimum absolute atomic E-state index is 0.0782. The third kappa shape index (κ3) is 3.21. The second-order valence-electron chi connectivity index (χ2n) is 2.64. The maximum Gasteiger partial charge on any atom is 0.407 e. The van der Waals surface area contributed by atoms with Crippen LogP contribution in [0.3, 0.4) is 0 Å². The Kier molecular flexibility index (Phi) is 4.00. The van der Waals surface area contributed by atoms with Gasteiger partial charge in [-0.25, -0.2) is 4.79 Å². The van der Waals surface area contributed by atoms with Gasteiger partial charge in [0.1, 0.15) is 6.61 Å². The molecule has 0 spiro atoms. The summed E-state index contributed by atoms with van der Waals surface area (Å²) in [5.41, 5.74) is 9.43. The molecule has 0 aliphatic carbocycles. The molecule has 15 heavy (non-hydrogen) atoms. The molecule has 1 rings (SSSR count). The third-order valence-electron chi connectivity index (χ3n) is 1.71. The van der Waals surface area contributed by atoms with E-state index in [1.54, 1.807) is 24.3 Å². The second kappa shape index (κ2) is 5.51. The summed E-state index contributed by atoms with van der Waals surface area (Å²) in [7, 11) is 1.47. The summed E-state index contributed by atoms with van der Waals surface area (Å²) in [6, 6.07) is 6.90. The number of nitrogens with zero attached hydrogens (tertiary/aromatic N) is 3. The van der Waals surface area contributed by atoms with Gasteiger partial charge in [-0.1, -0.05) is 29.4 Å². The van der Waals surface area contributed by atoms with Gasteiger partial charge < -0.3 is 10.1 Å². The molecule has 78 valence electrons. The van der Waals surface area contributed by atoms with E-state index in [0.29, 0.717) is 11.3 Å². The van der Waals surface area contributed by atoms with Gasteiger partial charge in [0, 0.05) is 17.6 Å². The molecule has 6 nitrogen and oxygen atoms in total. The monoisotopic (exact) mass is 206 g/mol. The molecule has 0 aliphatic rings. The fourth-order valence-electron chi connectivity index (χ4n) is 0.994. The van der Waals surface area contributed by atoms with Crippen molar-refractivity contribution in [1.29, 1.82) is 0 Å². The summed E-state index contributed by atoms with van der Waals surface area (Å²) in [5.74, 6) is 0. The van der Waals surface area contributed by atoms with Gasteiger partial charge in [-0.15, -0.1) is 0 Å². The molecular formula is C9H10N4O2. The van der Waals surface area contributed by atoms with Crippen molar-refractivity contribution in [2.45, 2.75) is 6.61 Å². The zero-order valence-corrected chi connectivity index (χ0v) is 8.17. The summed E-state index contributed by atoms with van der Waals surface area (Å²) in [6.07, 6.45) is -0.522. The van der Waals surface area contributed by atoms with E-state index in [2.05, 4.69) is 15.3 Å². The van der Waals surface area contributed by atoms with E-state index >= 15 is 0 Å². The highest BCUT2D eigenvalue weighted by molar-refractivity contribution is 5.66. The summed E-state index contributed by atoms with van der Waals surface area (Å²) < 4.78 is 4.83. The van der Waals surface area contributed by atoms with Crippen molar-refractivity contribution >= 4 is 11.8 Å². The number of benzene rings is 1. The maximum atomic E-state index is 10.8. The van der Waals surface area contributed by atoms with Crippen LogP contribution in [0.5, 0.6) is 0 Å². The van der Waals surface area contributed by atoms with Crippen LogP contribution in [0, 0.1) is 0 Å². The molecule has 1 aromatic carbocycles. The van der Waals surface area contributed by atoms with E-state index in [-0.39, 0.29) is 6.61 Å². The molecule has 0 aliphatic heterocycles. The SMILES string of the molecule is CNC(=O)OCc1ccccc1N=[N+]=[N-]. The average Bonchev–Trinajstić information content (AvgIpc) is 2.28. The number of hydrogen-bond donors (Lipinski definition) is 1. The van der Waals surface area contributed by atoms with Crippen molar-refractivity contribution in [3.63, 3.8) is 0 Å². The zero-order chi connectivity index (χ0) is 11.1. The predicted molar refractivity (Wildman–Crippen MR) is 54.5 cm³/mol. The Labute approximate surface area is 86.5 Å². The predicted octanol–water partition coefficient (Wildman–Crippen LogP) is 2.48. The lowest BCUT2D eigenvalue weighted by Crippen LogP contribution is -2.18. The first-order valence-electron chi connectivity index (χ1n) is 4.25. The average molecular weight is 206 g/mol. The lowest BCUT2D eigenvalue weighted by molar-refractivity contribution is 0.142. The van der Waals surface area contributed by atoms with Crippen LogP contribution in [0.4, 0.5) is 10.5 Å². The van der Waals surface area contributed by atoms with Crippen LogP contribution >= 0.6 is 0 Å². The summed E-state index contributed by atoms with van der Waals surface area (Å²) >= 11 is 0. The number of ether oxygens (including phenoxy) is 1. The Morgan fingerprint density at radius 2 is 2.33 bits per heavy atom. The highest BCUT2D eigenvalue weighted by atomic mass is 16.5. The number of rotatable bonds is 3. The van der Waals surface area contributed by atoms with Crippen molar-refractivity contribution in [2.24, 2.45) is 5.11 Å². The number of carbonyl (C=O) groups excluding carboxylic acids is 1. The minimum atomic E-state index is -0.522. The van der Waals surface area contributed by atoms with Crippen LogP contribution in [0.15, 0.2) is 29.4 Å². The smallest absolute Gasteiger partial charge is 0.407 e. The first kappa shape index (κ1) is 10.9. The van der Waals surface area contributed by atoms with Gasteiger partial charge in [0.05, 0.1) is 0 Å². The van der Waals surface area contributed by atoms with Gasteiger partial charge in [-0.2, -0.15) is 0 Å². The molecule has 0 unspecified atom stereocenters. The molecule has 0 atom stereocenters. The van der Waals surface area contributed by atoms with Crippen LogP contribution in [0.2, 0.25) is 0 Å². The number of alkyl carbamates (subject to hydrolysis) is 1. The lowest BCUT2D eigenvalue weighted by atomic mass is 10.2. The highest BCUT2D eigenvalue weighted by Gasteiger charge is 2.02. The first-order chi connectivity index (χ1) is 7.27. The molecule has 1 N–H and O–H groups in total. The molecule has 0 bridgehead atoms. The molecule has 1 amide bonds. The number of amides is 1. The topological polar surface area (TPSA) is 87.1 Å². The Morgan fingerprint density at radius 3 is 3.00 bits per heavy atom. The fourth-order valence-corrected chi connectivity index (χ4v) is 0.994. The summed E-state index contributed by atoms with van der Waals surface area (Å²) in [6.45, 7) is 0.0782. The van der Waals surface area contributed by atoms with Crippen LogP contribution < -0.4 is 5.32 Å². The number of hydrogen-bond acceptors (Lipinski definition) is 3. The van der Waals surface area contributed by atoms with Crippen LogP contribution in [-0.2, 0) is 11.3 Å². The van der Waals surface area contributed by atoms with Gasteiger partial charge in [0.15, 0.2) is 0 Å². The first-order valence-corrected chi connectivity index (χ1v) is 4.25. The zero-order valence-electron chi connectivity index (χ0n) is 8.17. The number of carbonyl (C=O) groups is 1. The van der Waals surface area contributed by atoms with Crippen LogP contribution in [-0.4, -0.2) is 13.1 Å². The largest absolute Gasteiger partial charge is 0.445 e. The van der Waals surface area contributed by atoms with Gasteiger partial charge in [0.25, 0.3) is 0 Å². The number of azide groups is 1. The maximum absolute atomic E-state index is 10.8. The highest BCUT2D eigenvalue weighted by Crippen LogP contribution is 2.19. The fraction of sp³-hybridized carbons (Fsp3) is 0.222. The van der Waals surface area contributed by atoms with E-state index < -0.39 is 6.09 Å². The summed E-state index contributed by atoms with van der Waals surface area (Å²) in [4.78, 5) is 13.5. The third-order valence-corrected chi connectivity index (χ3v) is 1.71. The van der Waals surface area contributed by atoms with Gasteiger partial charge in [0.2, 0.25) is 0 Å². The minimum Gasteiger partial charge on any atom is -0.445 e. The molecule has 0 aromatic heterocycles. The number of nitrogens with one attached hydrogen (secondary N) is 1. The standard InChI is InChI=1S/C9H10N4O2/c1-11-9(14)15-6-7-4-2-3-5-8(7)12-13-10/h2-5H,6H2,1H3,(H,11,14). The van der Waals surface area contributed by atoms with Crippen molar-refractivity contribution in [3.05, 3.63) is 40.3 Å². The van der Waals surface area contributed by atoms with E-state index in [4.69, 9.17) is 10.3 Å². The second-order valence-corrected chi connectivity index (χ2v) is 2.64. The molecule has 0 fully saturated rings. The lowest BCUT2D eigenvalue weighted by Gasteiger charge is -2.05. The Balaban J connectivity index is 2.75. The van der Waals surface area contributed by atoms with Crippen molar-refractivity contribution < 1.29 is 9.53 Å². The van der Waals surface area contributed by atoms with Gasteiger partial charge >= 0.3 is 6.09 Å². The van der Waals surface area contributed by atoms with Crippen LogP contribution in [0.1, 0.15) is 5.56 Å². The molecule has 0 saturated carbocycles. The van der Waals surface area contributed by atoms with Crippen molar-refractivity contribution in [3.8, 4) is 0 Å². The van der Waals surface area contributed by atoms with Crippen LogP contribution in [0.25, 0.3) is 10.4 Å². The molecule has 0 saturated heterocycles. The van der Waals surface area contributed by atoms with Crippen molar-refractivity contribution in [2.75, 3.05) is 7.05 Å². The summed E-state index contributed by atoms with van der Waals surface area (Å²) in [5, 5.41) is 5.80. The van der Waals surface area contributed by atoms with Gasteiger partial charge in [-0.05, 0) is 11.1 Å². The molecular weight excluding hydrogens is 196 g/mol. The van der Waals surface area contributed by atoms with E-state index in [1.165, 1.54) is 7.05 Å². The Morgan fingerprint density at radius 1 is 1.60 bits per heavy atom. The quantitative estimate of drug-likeness (QED) is 0.467.